The van der Waals surface area contributed by atoms with E-state index >= 15 is 0 Å². The highest BCUT2D eigenvalue weighted by molar-refractivity contribution is 7.90. The van der Waals surface area contributed by atoms with Crippen molar-refractivity contribution in [2.24, 2.45) is 0 Å². The third-order valence-corrected chi connectivity index (χ3v) is 5.77. The van der Waals surface area contributed by atoms with Crippen LogP contribution in [0.3, 0.4) is 0 Å². The number of sulfone groups is 1. The zero-order valence-electron chi connectivity index (χ0n) is 14.9. The van der Waals surface area contributed by atoms with E-state index < -0.39 is 14.8 Å². The summed E-state index contributed by atoms with van der Waals surface area (Å²) >= 11 is 0. The largest absolute Gasteiger partial charge is 0.378 e. The van der Waals surface area contributed by atoms with Crippen molar-refractivity contribution < 1.29 is 13.3 Å². The fraction of sp³-hybridized carbons (Fsp3) is 0.625. The van der Waals surface area contributed by atoms with E-state index in [1.807, 2.05) is 0 Å². The zero-order chi connectivity index (χ0) is 18.6. The highest BCUT2D eigenvalue weighted by Gasteiger charge is 2.22. The first-order valence-corrected chi connectivity index (χ1v) is 10.3. The van der Waals surface area contributed by atoms with E-state index in [1.165, 1.54) is 12.1 Å². The van der Waals surface area contributed by atoms with Gasteiger partial charge in [0.1, 0.15) is 5.69 Å². The summed E-state index contributed by atoms with van der Waals surface area (Å²) in [6.45, 7) is 9.88. The molecular formula is C16H26N4O4S. The number of nitro groups is 1. The van der Waals surface area contributed by atoms with E-state index in [-0.39, 0.29) is 16.6 Å². The van der Waals surface area contributed by atoms with E-state index in [0.29, 0.717) is 12.2 Å². The first-order valence-electron chi connectivity index (χ1n) is 8.41. The van der Waals surface area contributed by atoms with E-state index in [2.05, 4.69) is 29.0 Å². The van der Waals surface area contributed by atoms with Crippen LogP contribution in [-0.4, -0.2) is 74.7 Å². The van der Waals surface area contributed by atoms with E-state index in [4.69, 9.17) is 0 Å². The molecule has 0 radical (unpaired) electrons. The number of anilines is 1. The van der Waals surface area contributed by atoms with Gasteiger partial charge < -0.3 is 10.2 Å². The van der Waals surface area contributed by atoms with Gasteiger partial charge in [0.2, 0.25) is 0 Å². The summed E-state index contributed by atoms with van der Waals surface area (Å²) in [5.41, 5.74) is 0.127. The molecule has 0 aliphatic carbocycles. The Morgan fingerprint density at radius 2 is 1.92 bits per heavy atom. The van der Waals surface area contributed by atoms with Gasteiger partial charge in [0.15, 0.2) is 9.84 Å². The number of hydrogen-bond acceptors (Lipinski definition) is 7. The molecule has 9 heteroatoms. The Kier molecular flexibility index (Phi) is 6.36. The van der Waals surface area contributed by atoms with Crippen molar-refractivity contribution in [1.82, 2.24) is 9.80 Å². The quantitative estimate of drug-likeness (QED) is 0.573. The van der Waals surface area contributed by atoms with Crippen LogP contribution in [0.5, 0.6) is 0 Å². The van der Waals surface area contributed by atoms with Crippen LogP contribution < -0.4 is 5.32 Å². The molecule has 1 aliphatic rings. The summed E-state index contributed by atoms with van der Waals surface area (Å²) in [5, 5.41) is 14.4. The third kappa shape index (κ3) is 5.13. The highest BCUT2D eigenvalue weighted by Crippen LogP contribution is 2.27. The molecule has 0 aromatic heterocycles. The molecule has 0 spiro atoms. The SMILES string of the molecule is CCN1CCN(C(C)CNc2ccc(S(C)(=O)=O)cc2[N+](=O)[O-])CC1. The predicted octanol–water partition coefficient (Wildman–Crippen LogP) is 1.44. The van der Waals surface area contributed by atoms with Crippen molar-refractivity contribution in [3.63, 3.8) is 0 Å². The minimum absolute atomic E-state index is 0.0477. The second kappa shape index (κ2) is 8.11. The van der Waals surface area contributed by atoms with Crippen LogP contribution in [0, 0.1) is 10.1 Å². The van der Waals surface area contributed by atoms with Crippen LogP contribution in [0.2, 0.25) is 0 Å². The van der Waals surface area contributed by atoms with E-state index in [0.717, 1.165) is 45.0 Å². The maximum atomic E-state index is 11.6. The topological polar surface area (TPSA) is 95.8 Å². The molecule has 1 unspecified atom stereocenters. The molecule has 1 aromatic carbocycles. The average molecular weight is 370 g/mol. The second-order valence-corrected chi connectivity index (χ2v) is 8.42. The molecule has 0 amide bonds. The summed E-state index contributed by atoms with van der Waals surface area (Å²) in [4.78, 5) is 15.4. The number of likely N-dealkylation sites (N-methyl/N-ethyl adjacent to an activating group) is 1. The van der Waals surface area contributed by atoms with Gasteiger partial charge in [0.05, 0.1) is 9.82 Å². The standard InChI is InChI=1S/C16H26N4O4S/c1-4-18-7-9-19(10-8-18)13(2)12-17-15-6-5-14(25(3,23)24)11-16(15)20(21)22/h5-6,11,13,17H,4,7-10,12H2,1-3H3. The number of benzene rings is 1. The number of nitro benzene ring substituents is 1. The fourth-order valence-corrected chi connectivity index (χ4v) is 3.59. The van der Waals surface area contributed by atoms with Crippen LogP contribution >= 0.6 is 0 Å². The molecule has 1 aliphatic heterocycles. The van der Waals surface area contributed by atoms with Crippen molar-refractivity contribution in [1.29, 1.82) is 0 Å². The van der Waals surface area contributed by atoms with Crippen LogP contribution in [0.15, 0.2) is 23.1 Å². The van der Waals surface area contributed by atoms with Gasteiger partial charge in [-0.15, -0.1) is 0 Å². The Balaban J connectivity index is 2.04. The maximum absolute atomic E-state index is 11.6. The molecule has 8 nitrogen and oxygen atoms in total. The van der Waals surface area contributed by atoms with Crippen molar-refractivity contribution in [3.05, 3.63) is 28.3 Å². The lowest BCUT2D eigenvalue weighted by molar-refractivity contribution is -0.384. The average Bonchev–Trinajstić information content (AvgIpc) is 2.58. The van der Waals surface area contributed by atoms with Gasteiger partial charge >= 0.3 is 0 Å². The predicted molar refractivity (Wildman–Crippen MR) is 97.8 cm³/mol. The summed E-state index contributed by atoms with van der Waals surface area (Å²) in [7, 11) is -3.48. The van der Waals surface area contributed by atoms with Gasteiger partial charge in [-0.2, -0.15) is 0 Å². The minimum atomic E-state index is -3.48. The van der Waals surface area contributed by atoms with Gasteiger partial charge in [-0.05, 0) is 25.6 Å². The number of rotatable bonds is 7. The lowest BCUT2D eigenvalue weighted by Gasteiger charge is -2.37. The molecule has 1 N–H and O–H groups in total. The van der Waals surface area contributed by atoms with Crippen LogP contribution in [0.25, 0.3) is 0 Å². The fourth-order valence-electron chi connectivity index (χ4n) is 2.95. The van der Waals surface area contributed by atoms with Gasteiger partial charge in [0.25, 0.3) is 5.69 Å². The van der Waals surface area contributed by atoms with Gasteiger partial charge in [-0.3, -0.25) is 15.0 Å². The maximum Gasteiger partial charge on any atom is 0.293 e. The van der Waals surface area contributed by atoms with E-state index in [1.54, 1.807) is 0 Å². The molecule has 1 aromatic rings. The summed E-state index contributed by atoms with van der Waals surface area (Å²) in [6.07, 6.45) is 1.04. The number of piperazine rings is 1. The Hall–Kier alpha value is -1.71. The molecule has 0 saturated carbocycles. The molecule has 2 rings (SSSR count). The monoisotopic (exact) mass is 370 g/mol. The molecule has 0 bridgehead atoms. The first-order chi connectivity index (χ1) is 11.7. The molecule has 25 heavy (non-hydrogen) atoms. The summed E-state index contributed by atoms with van der Waals surface area (Å²) < 4.78 is 23.2. The molecule has 1 saturated heterocycles. The van der Waals surface area contributed by atoms with E-state index in [9.17, 15) is 18.5 Å². The van der Waals surface area contributed by atoms with Gasteiger partial charge in [-0.1, -0.05) is 6.92 Å². The Morgan fingerprint density at radius 3 is 2.44 bits per heavy atom. The minimum Gasteiger partial charge on any atom is -0.378 e. The highest BCUT2D eigenvalue weighted by atomic mass is 32.2. The number of hydrogen-bond donors (Lipinski definition) is 1. The lowest BCUT2D eigenvalue weighted by Crippen LogP contribution is -2.51. The summed E-state index contributed by atoms with van der Waals surface area (Å²) in [6, 6.07) is 4.21. The van der Waals surface area contributed by atoms with Crippen molar-refractivity contribution >= 4 is 21.2 Å². The lowest BCUT2D eigenvalue weighted by atomic mass is 10.2. The molecule has 1 heterocycles. The van der Waals surface area contributed by atoms with Crippen LogP contribution in [0.4, 0.5) is 11.4 Å². The van der Waals surface area contributed by atoms with Crippen molar-refractivity contribution in [3.8, 4) is 0 Å². The normalized spacial score (nSPS) is 18.0. The number of nitrogens with zero attached hydrogens (tertiary/aromatic N) is 3. The Morgan fingerprint density at radius 1 is 1.28 bits per heavy atom. The summed E-state index contributed by atoms with van der Waals surface area (Å²) in [5.74, 6) is 0. The Labute approximate surface area is 148 Å². The van der Waals surface area contributed by atoms with Crippen LogP contribution in [-0.2, 0) is 9.84 Å². The molecule has 140 valence electrons. The molecule has 1 atom stereocenters. The second-order valence-electron chi connectivity index (χ2n) is 6.41. The number of nitrogens with one attached hydrogen (secondary N) is 1. The zero-order valence-corrected chi connectivity index (χ0v) is 15.8. The van der Waals surface area contributed by atoms with Gasteiger partial charge in [0, 0.05) is 51.1 Å². The molecule has 1 fully saturated rings. The van der Waals surface area contributed by atoms with Gasteiger partial charge in [-0.25, -0.2) is 8.42 Å². The first kappa shape index (κ1) is 19.6. The van der Waals surface area contributed by atoms with Crippen molar-refractivity contribution in [2.45, 2.75) is 24.8 Å². The van der Waals surface area contributed by atoms with Crippen LogP contribution in [0.1, 0.15) is 13.8 Å². The smallest absolute Gasteiger partial charge is 0.293 e. The van der Waals surface area contributed by atoms with Crippen molar-refractivity contribution in [2.75, 3.05) is 50.8 Å². The molecular weight excluding hydrogens is 344 g/mol. The Bertz CT molecular complexity index is 715. The third-order valence-electron chi connectivity index (χ3n) is 4.66.